The number of carbonyl (C=O) groups excluding carboxylic acids is 3. The van der Waals surface area contributed by atoms with Crippen LogP contribution in [0.2, 0.25) is 0 Å². The maximum atomic E-state index is 13.0. The minimum Gasteiger partial charge on any atom is -0.368 e. The topological polar surface area (TPSA) is 89.3 Å². The van der Waals surface area contributed by atoms with Crippen molar-refractivity contribution in [2.75, 3.05) is 0 Å². The number of benzene rings is 1. The molecule has 0 spiro atoms. The van der Waals surface area contributed by atoms with Crippen molar-refractivity contribution in [2.24, 2.45) is 5.73 Å². The lowest BCUT2D eigenvalue weighted by Crippen LogP contribution is -2.44. The zero-order valence-electron chi connectivity index (χ0n) is 11.5. The van der Waals surface area contributed by atoms with E-state index in [-0.39, 0.29) is 24.2 Å². The molecule has 0 saturated carbocycles. The fourth-order valence-electron chi connectivity index (χ4n) is 1.69. The molecule has 0 heterocycles. The number of halogens is 2. The number of amides is 2. The number of nitrogens with one attached hydrogen (secondary N) is 1. The third-order valence-corrected chi connectivity index (χ3v) is 2.88. The number of rotatable bonds is 7. The molecule has 0 aliphatic heterocycles. The van der Waals surface area contributed by atoms with Gasteiger partial charge in [0.2, 0.25) is 5.91 Å². The van der Waals surface area contributed by atoms with E-state index < -0.39 is 29.5 Å². The lowest BCUT2D eigenvalue weighted by Gasteiger charge is -2.15. The molecule has 0 radical (unpaired) electrons. The van der Waals surface area contributed by atoms with Gasteiger partial charge in [-0.3, -0.25) is 14.4 Å². The van der Waals surface area contributed by atoms with Crippen LogP contribution in [-0.4, -0.2) is 23.6 Å². The minimum atomic E-state index is -1.07. The number of carbonyl (C=O) groups is 3. The number of primary amides is 1. The van der Waals surface area contributed by atoms with Crippen LogP contribution in [0.15, 0.2) is 18.2 Å². The lowest BCUT2D eigenvalue weighted by molar-refractivity contribution is -0.121. The Morgan fingerprint density at radius 3 is 2.24 bits per heavy atom. The molecule has 5 nitrogen and oxygen atoms in total. The second kappa shape index (κ2) is 7.47. The van der Waals surface area contributed by atoms with Crippen LogP contribution in [0.3, 0.4) is 0 Å². The molecule has 1 rings (SSSR count). The highest BCUT2D eigenvalue weighted by atomic mass is 19.1. The molecule has 0 aliphatic rings. The van der Waals surface area contributed by atoms with Gasteiger partial charge in [0.05, 0.1) is 0 Å². The van der Waals surface area contributed by atoms with Crippen LogP contribution in [0.4, 0.5) is 8.78 Å². The van der Waals surface area contributed by atoms with E-state index in [0.717, 1.165) is 12.1 Å². The van der Waals surface area contributed by atoms with E-state index in [2.05, 4.69) is 5.32 Å². The molecule has 2 amide bonds. The molecule has 21 heavy (non-hydrogen) atoms. The molecular formula is C14H16F2N2O3. The van der Waals surface area contributed by atoms with Gasteiger partial charge < -0.3 is 11.1 Å². The molecule has 0 aromatic heterocycles. The van der Waals surface area contributed by atoms with E-state index in [1.54, 1.807) is 6.92 Å². The second-order valence-corrected chi connectivity index (χ2v) is 4.52. The van der Waals surface area contributed by atoms with Gasteiger partial charge in [-0.1, -0.05) is 6.92 Å². The average Bonchev–Trinajstić information content (AvgIpc) is 2.41. The summed E-state index contributed by atoms with van der Waals surface area (Å²) in [6, 6.07) is 1.24. The van der Waals surface area contributed by atoms with Gasteiger partial charge in [0, 0.05) is 24.5 Å². The Hall–Kier alpha value is -2.31. The van der Waals surface area contributed by atoms with Crippen LogP contribution in [0, 0.1) is 11.6 Å². The quantitative estimate of drug-likeness (QED) is 0.795. The van der Waals surface area contributed by atoms with Gasteiger partial charge in [0.15, 0.2) is 0 Å². The molecule has 114 valence electrons. The summed E-state index contributed by atoms with van der Waals surface area (Å²) in [6.45, 7) is 1.68. The second-order valence-electron chi connectivity index (χ2n) is 4.52. The Morgan fingerprint density at radius 2 is 1.76 bits per heavy atom. The Kier molecular flexibility index (Phi) is 5.95. The molecule has 1 atom stereocenters. The van der Waals surface area contributed by atoms with Crippen LogP contribution >= 0.6 is 0 Å². The summed E-state index contributed by atoms with van der Waals surface area (Å²) in [7, 11) is 0. The largest absolute Gasteiger partial charge is 0.368 e. The van der Waals surface area contributed by atoms with Gasteiger partial charge in [-0.2, -0.15) is 0 Å². The van der Waals surface area contributed by atoms with E-state index >= 15 is 0 Å². The summed E-state index contributed by atoms with van der Waals surface area (Å²) in [6.07, 6.45) is 0.446. The van der Waals surface area contributed by atoms with Crippen LogP contribution in [0.5, 0.6) is 0 Å². The van der Waals surface area contributed by atoms with Crippen molar-refractivity contribution in [3.8, 4) is 0 Å². The number of hydrogen-bond acceptors (Lipinski definition) is 3. The minimum absolute atomic E-state index is 0.0472. The predicted molar refractivity (Wildman–Crippen MR) is 71.3 cm³/mol. The van der Waals surface area contributed by atoms with E-state index in [4.69, 9.17) is 5.73 Å². The summed E-state index contributed by atoms with van der Waals surface area (Å²) >= 11 is 0. The smallest absolute Gasteiger partial charge is 0.252 e. The Balaban J connectivity index is 2.76. The van der Waals surface area contributed by atoms with Crippen molar-refractivity contribution in [3.63, 3.8) is 0 Å². The molecule has 1 aromatic rings. The number of nitrogens with two attached hydrogens (primary N) is 1. The first-order valence-corrected chi connectivity index (χ1v) is 6.41. The first-order valence-electron chi connectivity index (χ1n) is 6.41. The zero-order valence-corrected chi connectivity index (χ0v) is 11.5. The van der Waals surface area contributed by atoms with Crippen molar-refractivity contribution < 1.29 is 23.2 Å². The zero-order chi connectivity index (χ0) is 16.0. The van der Waals surface area contributed by atoms with E-state index in [1.807, 2.05) is 0 Å². The third-order valence-electron chi connectivity index (χ3n) is 2.88. The molecule has 3 N–H and O–H groups in total. The van der Waals surface area contributed by atoms with Crippen molar-refractivity contribution in [1.82, 2.24) is 5.32 Å². The van der Waals surface area contributed by atoms with Gasteiger partial charge in [-0.05, 0) is 18.6 Å². The van der Waals surface area contributed by atoms with Gasteiger partial charge in [-0.25, -0.2) is 8.78 Å². The van der Waals surface area contributed by atoms with E-state index in [1.165, 1.54) is 0 Å². The van der Waals surface area contributed by atoms with E-state index in [0.29, 0.717) is 12.5 Å². The van der Waals surface area contributed by atoms with Gasteiger partial charge in [-0.15, -0.1) is 0 Å². The van der Waals surface area contributed by atoms with Crippen LogP contribution in [-0.2, 0) is 9.59 Å². The van der Waals surface area contributed by atoms with Crippen molar-refractivity contribution >= 4 is 17.6 Å². The molecule has 7 heteroatoms. The molecule has 1 aromatic carbocycles. The maximum Gasteiger partial charge on any atom is 0.252 e. The summed E-state index contributed by atoms with van der Waals surface area (Å²) in [5.74, 6) is -3.54. The number of hydrogen-bond donors (Lipinski definition) is 2. The van der Waals surface area contributed by atoms with Gasteiger partial charge >= 0.3 is 0 Å². The fraction of sp³-hybridized carbons (Fsp3) is 0.357. The van der Waals surface area contributed by atoms with Crippen molar-refractivity contribution in [1.29, 1.82) is 0 Å². The van der Waals surface area contributed by atoms with Gasteiger partial charge in [0.25, 0.3) is 5.91 Å². The van der Waals surface area contributed by atoms with Crippen molar-refractivity contribution in [2.45, 2.75) is 32.2 Å². The van der Waals surface area contributed by atoms with E-state index in [9.17, 15) is 23.2 Å². The summed E-state index contributed by atoms with van der Waals surface area (Å²) in [5, 5.41) is 2.27. The molecule has 0 unspecified atom stereocenters. The summed E-state index contributed by atoms with van der Waals surface area (Å²) in [5.41, 5.74) is 4.87. The first kappa shape index (κ1) is 16.7. The third kappa shape index (κ3) is 5.29. The Labute approximate surface area is 120 Å². The summed E-state index contributed by atoms with van der Waals surface area (Å²) < 4.78 is 26.1. The van der Waals surface area contributed by atoms with Crippen LogP contribution < -0.4 is 11.1 Å². The van der Waals surface area contributed by atoms with Crippen molar-refractivity contribution in [3.05, 3.63) is 35.4 Å². The SMILES string of the molecule is CCC(=O)CC[C@@H](NC(=O)c1cc(F)cc(F)c1)C(N)=O. The number of ketones is 1. The average molecular weight is 298 g/mol. The highest BCUT2D eigenvalue weighted by Crippen LogP contribution is 2.09. The molecular weight excluding hydrogens is 282 g/mol. The van der Waals surface area contributed by atoms with Gasteiger partial charge in [0.1, 0.15) is 23.5 Å². The monoisotopic (exact) mass is 298 g/mol. The standard InChI is InChI=1S/C14H16F2N2O3/c1-2-11(19)3-4-12(13(17)20)18-14(21)8-5-9(15)7-10(16)6-8/h5-7,12H,2-4H2,1H3,(H2,17,20)(H,18,21)/t12-/m1/s1. The molecule has 0 fully saturated rings. The highest BCUT2D eigenvalue weighted by molar-refractivity contribution is 5.97. The van der Waals surface area contributed by atoms with Crippen LogP contribution in [0.25, 0.3) is 0 Å². The molecule has 0 aliphatic carbocycles. The first-order chi connectivity index (χ1) is 9.83. The normalized spacial score (nSPS) is 11.8. The number of Topliss-reactive ketones (excluding diaryl/α,β-unsaturated/α-hetero) is 1. The Morgan fingerprint density at radius 1 is 1.19 bits per heavy atom. The molecule has 0 bridgehead atoms. The lowest BCUT2D eigenvalue weighted by atomic mass is 10.1. The van der Waals surface area contributed by atoms with Crippen LogP contribution in [0.1, 0.15) is 36.5 Å². The highest BCUT2D eigenvalue weighted by Gasteiger charge is 2.20. The Bertz CT molecular complexity index is 541. The predicted octanol–water partition coefficient (Wildman–Crippen LogP) is 1.31. The fourth-order valence-corrected chi connectivity index (χ4v) is 1.69. The maximum absolute atomic E-state index is 13.0. The molecule has 0 saturated heterocycles. The summed E-state index contributed by atoms with van der Waals surface area (Å²) in [4.78, 5) is 34.3.